The summed E-state index contributed by atoms with van der Waals surface area (Å²) in [6.07, 6.45) is 20.7. The van der Waals surface area contributed by atoms with Gasteiger partial charge in [0.25, 0.3) is 0 Å². The third-order valence-electron chi connectivity index (χ3n) is 10.7. The topological polar surface area (TPSA) is 258 Å². The van der Waals surface area contributed by atoms with Gasteiger partial charge in [0.15, 0.2) is 17.4 Å². The van der Waals surface area contributed by atoms with Gasteiger partial charge in [0, 0.05) is 57.8 Å². The predicted molar refractivity (Wildman–Crippen MR) is 236 cm³/mol. The van der Waals surface area contributed by atoms with Gasteiger partial charge in [-0.25, -0.2) is 4.79 Å². The minimum Gasteiger partial charge on any atom is -0.480 e. The van der Waals surface area contributed by atoms with E-state index in [1.54, 1.807) is 0 Å². The van der Waals surface area contributed by atoms with Crippen LogP contribution in [0.4, 0.5) is 0 Å². The quantitative estimate of drug-likeness (QED) is 0.0528. The number of hydrogen-bond acceptors (Lipinski definition) is 14. The van der Waals surface area contributed by atoms with Gasteiger partial charge in [0.2, 0.25) is 11.8 Å². The normalized spacial score (nSPS) is 12.2. The van der Waals surface area contributed by atoms with Crippen molar-refractivity contribution in [3.05, 3.63) is 5.82 Å². The number of nitrogens with zero attached hydrogens (tertiary/aromatic N) is 3. The molecule has 1 aromatic heterocycles. The summed E-state index contributed by atoms with van der Waals surface area (Å²) in [6, 6.07) is -1.09. The van der Waals surface area contributed by atoms with E-state index in [4.69, 9.17) is 24.1 Å². The van der Waals surface area contributed by atoms with Crippen molar-refractivity contribution in [3.8, 4) is 0 Å². The number of rotatable bonds is 47. The number of aromatic nitrogens is 4. The molecule has 0 saturated heterocycles. The minimum atomic E-state index is -1.14. The summed E-state index contributed by atoms with van der Waals surface area (Å²) >= 11 is 0. The van der Waals surface area contributed by atoms with E-state index in [2.05, 4.69) is 31.3 Å². The van der Waals surface area contributed by atoms with Crippen LogP contribution in [-0.4, -0.2) is 138 Å². The van der Waals surface area contributed by atoms with Gasteiger partial charge in [-0.1, -0.05) is 89.2 Å². The van der Waals surface area contributed by atoms with Crippen molar-refractivity contribution < 1.29 is 57.9 Å². The fourth-order valence-corrected chi connectivity index (χ4v) is 6.88. The summed E-state index contributed by atoms with van der Waals surface area (Å²) < 4.78 is 21.6. The maximum absolute atomic E-state index is 12.4. The lowest BCUT2D eigenvalue weighted by molar-refractivity contribution is -0.142. The number of nitrogens with one attached hydrogen (secondary N) is 3. The molecule has 5 N–H and O–H groups in total. The second kappa shape index (κ2) is 41.0. The predicted octanol–water partition coefficient (Wildman–Crippen LogP) is 5.19. The lowest BCUT2D eigenvalue weighted by Crippen LogP contribution is -2.41. The highest BCUT2D eigenvalue weighted by Gasteiger charge is 2.21. The first-order chi connectivity index (χ1) is 30.7. The molecule has 362 valence electrons. The Kier molecular flexibility index (Phi) is 37.3. The van der Waals surface area contributed by atoms with E-state index in [0.717, 1.165) is 50.8 Å². The van der Waals surface area contributed by atoms with Gasteiger partial charge in [-0.3, -0.25) is 24.0 Å². The second-order valence-electron chi connectivity index (χ2n) is 16.1. The number of H-pyrrole nitrogens is 1. The summed E-state index contributed by atoms with van der Waals surface area (Å²) in [5, 5.41) is 37.9. The number of aliphatic hydroxyl groups is 1. The maximum Gasteiger partial charge on any atom is 0.326 e. The molecule has 0 unspecified atom stereocenters. The van der Waals surface area contributed by atoms with E-state index >= 15 is 0 Å². The molecule has 0 radical (unpaired) electrons. The first-order valence-corrected chi connectivity index (χ1v) is 23.6. The molecule has 0 saturated carbocycles. The lowest BCUT2D eigenvalue weighted by Gasteiger charge is -2.14. The first kappa shape index (κ1) is 57.3. The van der Waals surface area contributed by atoms with Crippen molar-refractivity contribution in [1.29, 1.82) is 0 Å². The summed E-state index contributed by atoms with van der Waals surface area (Å²) in [5.41, 5.74) is 0. The molecule has 0 aliphatic heterocycles. The Balaban J connectivity index is 1.89. The molecule has 63 heavy (non-hydrogen) atoms. The number of tetrazole rings is 1. The Morgan fingerprint density at radius 2 is 1.17 bits per heavy atom. The van der Waals surface area contributed by atoms with E-state index in [1.165, 1.54) is 51.4 Å². The van der Waals surface area contributed by atoms with Crippen molar-refractivity contribution in [3.63, 3.8) is 0 Å². The van der Waals surface area contributed by atoms with Gasteiger partial charge in [-0.2, -0.15) is 5.21 Å². The number of carbonyl (C=O) groups is 6. The smallest absolute Gasteiger partial charge is 0.326 e. The van der Waals surface area contributed by atoms with E-state index in [-0.39, 0.29) is 93.8 Å². The number of aromatic amines is 1. The first-order valence-electron chi connectivity index (χ1n) is 23.6. The molecule has 1 rings (SSSR count). The third kappa shape index (κ3) is 35.3. The lowest BCUT2D eigenvalue weighted by atomic mass is 9.95. The number of aliphatic hydroxyl groups excluding tert-OH is 1. The average molecular weight is 897 g/mol. The summed E-state index contributed by atoms with van der Waals surface area (Å²) in [5.74, 6) is -1.29. The Hall–Kier alpha value is -3.71. The van der Waals surface area contributed by atoms with Crippen LogP contribution >= 0.6 is 0 Å². The van der Waals surface area contributed by atoms with Gasteiger partial charge < -0.3 is 39.8 Å². The average Bonchev–Trinajstić information content (AvgIpc) is 3.80. The summed E-state index contributed by atoms with van der Waals surface area (Å²) in [6.45, 7) is 3.65. The molecule has 0 bridgehead atoms. The van der Waals surface area contributed by atoms with Crippen LogP contribution in [0.5, 0.6) is 0 Å². The molecule has 0 aliphatic carbocycles. The monoisotopic (exact) mass is 897 g/mol. The van der Waals surface area contributed by atoms with Gasteiger partial charge in [0.05, 0.1) is 26.4 Å². The highest BCUT2D eigenvalue weighted by molar-refractivity contribution is 5.85. The number of Topliss-reactive ketones (excluding diaryl/α,β-unsaturated/α-hetero) is 3. The zero-order valence-corrected chi connectivity index (χ0v) is 38.2. The van der Waals surface area contributed by atoms with E-state index < -0.39 is 18.6 Å². The fourth-order valence-electron chi connectivity index (χ4n) is 6.88. The minimum absolute atomic E-state index is 0.0322. The highest BCUT2D eigenvalue weighted by atomic mass is 16.5. The summed E-state index contributed by atoms with van der Waals surface area (Å²) in [7, 11) is 0. The van der Waals surface area contributed by atoms with Gasteiger partial charge in [0.1, 0.15) is 31.6 Å². The Morgan fingerprint density at radius 1 is 0.603 bits per heavy atom. The van der Waals surface area contributed by atoms with Gasteiger partial charge in [-0.15, -0.1) is 10.2 Å². The zero-order chi connectivity index (χ0) is 46.0. The molecular weight excluding hydrogens is 817 g/mol. The van der Waals surface area contributed by atoms with Crippen molar-refractivity contribution in [2.75, 3.05) is 66.0 Å². The fraction of sp³-hybridized carbons (Fsp3) is 0.844. The molecule has 2 amide bonds. The van der Waals surface area contributed by atoms with E-state index in [1.807, 2.05) is 6.92 Å². The number of amides is 2. The third-order valence-corrected chi connectivity index (χ3v) is 10.7. The van der Waals surface area contributed by atoms with Crippen molar-refractivity contribution in [2.45, 2.75) is 173 Å². The maximum atomic E-state index is 12.4. The number of aliphatic carboxylic acids is 1. The second-order valence-corrected chi connectivity index (χ2v) is 16.1. The van der Waals surface area contributed by atoms with Crippen LogP contribution in [0.3, 0.4) is 0 Å². The van der Waals surface area contributed by atoms with Crippen LogP contribution in [0.15, 0.2) is 0 Å². The Morgan fingerprint density at radius 3 is 1.75 bits per heavy atom. The zero-order valence-electron chi connectivity index (χ0n) is 38.2. The van der Waals surface area contributed by atoms with Crippen LogP contribution in [0.1, 0.15) is 167 Å². The largest absolute Gasteiger partial charge is 0.480 e. The number of carbonyl (C=O) groups excluding carboxylic acids is 5. The number of hydrogen-bond donors (Lipinski definition) is 5. The molecule has 2 atom stereocenters. The number of ether oxygens (including phenoxy) is 4. The molecule has 1 heterocycles. The standard InChI is InChI=1S/C45H80N6O12/c1-2-37(41(55)34-52)20-16-17-27-46-44(57)36-63-33-31-61-29-19-22-39(54)35-62-32-30-60-28-18-21-38(53)25-26-40(45(58)59)47-43(56)24-15-13-11-9-7-5-3-4-6-8-10-12-14-23-42-48-50-51-49-42/h37,40,52H,2-36H2,1H3,(H,46,57)(H,47,56)(H,58,59)(H,48,49,50,51)/t37-,40-/m0/s1. The van der Waals surface area contributed by atoms with E-state index in [9.17, 15) is 33.9 Å². The van der Waals surface area contributed by atoms with Crippen molar-refractivity contribution >= 4 is 35.1 Å². The van der Waals surface area contributed by atoms with Crippen LogP contribution in [0, 0.1) is 5.92 Å². The number of carboxylic acid groups (broad SMARTS) is 1. The van der Waals surface area contributed by atoms with Gasteiger partial charge >= 0.3 is 5.97 Å². The molecule has 1 aromatic rings. The number of unbranched alkanes of at least 4 members (excludes halogenated alkanes) is 13. The van der Waals surface area contributed by atoms with Crippen LogP contribution < -0.4 is 10.6 Å². The molecule has 0 spiro atoms. The van der Waals surface area contributed by atoms with E-state index in [0.29, 0.717) is 64.9 Å². The van der Waals surface area contributed by atoms with Crippen LogP contribution in [-0.2, 0) is 54.1 Å². The molecule has 18 nitrogen and oxygen atoms in total. The highest BCUT2D eigenvalue weighted by Crippen LogP contribution is 2.15. The number of aryl methyl sites for hydroxylation is 1. The molecule has 0 aliphatic rings. The van der Waals surface area contributed by atoms with Gasteiger partial charge in [-0.05, 0) is 51.4 Å². The summed E-state index contributed by atoms with van der Waals surface area (Å²) in [4.78, 5) is 71.9. The number of ketones is 3. The van der Waals surface area contributed by atoms with Crippen LogP contribution in [0.25, 0.3) is 0 Å². The van der Waals surface area contributed by atoms with Crippen molar-refractivity contribution in [2.24, 2.45) is 5.92 Å². The molecular formula is C45H80N6O12. The van der Waals surface area contributed by atoms with Crippen LogP contribution in [0.2, 0.25) is 0 Å². The molecule has 0 aromatic carbocycles. The molecule has 0 fully saturated rings. The SMILES string of the molecule is CC[C@@H](CCCCNC(=O)COCCOCCCC(=O)COCCOCCCC(=O)CC[C@H](NC(=O)CCCCCCCCCCCCCCCc1nn[nH]n1)C(=O)O)C(=O)CO. The Labute approximate surface area is 374 Å². The molecule has 18 heteroatoms. The van der Waals surface area contributed by atoms with Crippen molar-refractivity contribution in [1.82, 2.24) is 31.3 Å². The Bertz CT molecular complexity index is 1340. The number of carboxylic acids is 1.